The number of nitrogens with one attached hydrogen (secondary N) is 2. The molecule has 2 aromatic rings. The van der Waals surface area contributed by atoms with E-state index in [-0.39, 0.29) is 23.0 Å². The first-order chi connectivity index (χ1) is 12.7. The van der Waals surface area contributed by atoms with Crippen LogP contribution < -0.4 is 15.4 Å². The van der Waals surface area contributed by atoms with Crippen LogP contribution in [0, 0.1) is 6.92 Å². The summed E-state index contributed by atoms with van der Waals surface area (Å²) in [6.45, 7) is 1.60. The number of aromatic carboxylic acids is 1. The number of aryl methyl sites for hydroxylation is 1. The molecule has 6 nitrogen and oxygen atoms in total. The Balaban J connectivity index is 1.97. The van der Waals surface area contributed by atoms with Crippen molar-refractivity contribution in [3.63, 3.8) is 0 Å². The average Bonchev–Trinajstić information content (AvgIpc) is 2.55. The smallest absolute Gasteiger partial charge is 0.337 e. The number of halogens is 3. The highest BCUT2D eigenvalue weighted by Gasteiger charge is 2.14. The van der Waals surface area contributed by atoms with Crippen molar-refractivity contribution in [2.45, 2.75) is 6.92 Å². The second kappa shape index (κ2) is 9.63. The molecule has 0 aliphatic carbocycles. The van der Waals surface area contributed by atoms with Crippen LogP contribution in [0.25, 0.3) is 0 Å². The number of thiocarbonyl (C=S) groups is 1. The molecule has 10 heteroatoms. The summed E-state index contributed by atoms with van der Waals surface area (Å²) in [5, 5.41) is 14.4. The van der Waals surface area contributed by atoms with Crippen molar-refractivity contribution < 1.29 is 19.4 Å². The molecule has 2 aromatic carbocycles. The van der Waals surface area contributed by atoms with E-state index in [0.29, 0.717) is 14.7 Å². The van der Waals surface area contributed by atoms with E-state index in [9.17, 15) is 14.7 Å². The van der Waals surface area contributed by atoms with E-state index in [1.807, 2.05) is 19.1 Å². The van der Waals surface area contributed by atoms with Gasteiger partial charge >= 0.3 is 5.97 Å². The summed E-state index contributed by atoms with van der Waals surface area (Å²) in [5.74, 6) is -1.05. The van der Waals surface area contributed by atoms with Gasteiger partial charge in [-0.1, -0.05) is 31.9 Å². The molecule has 0 aliphatic heterocycles. The van der Waals surface area contributed by atoms with Gasteiger partial charge in [-0.2, -0.15) is 0 Å². The number of ether oxygens (including phenoxy) is 1. The maximum Gasteiger partial charge on any atom is 0.337 e. The van der Waals surface area contributed by atoms with E-state index in [1.54, 1.807) is 12.1 Å². The molecule has 0 aliphatic rings. The topological polar surface area (TPSA) is 87.7 Å². The fraction of sp³-hybridized carbons (Fsp3) is 0.118. The standard InChI is InChI=1S/C17H13Br3N2O4S/c1-8-4-10(19)6-12(20)15(8)26-7-14(23)22-17(27)21-13-3-2-9(18)5-11(13)16(24)25/h2-6H,7H2,1H3,(H,24,25)(H2,21,22,23,27). The highest BCUT2D eigenvalue weighted by molar-refractivity contribution is 9.11. The van der Waals surface area contributed by atoms with Crippen molar-refractivity contribution in [2.24, 2.45) is 0 Å². The number of anilines is 1. The predicted octanol–water partition coefficient (Wildman–Crippen LogP) is 4.87. The molecule has 3 N–H and O–H groups in total. The number of carboxylic acid groups (broad SMARTS) is 1. The molecule has 2 rings (SSSR count). The van der Waals surface area contributed by atoms with Gasteiger partial charge in [-0.3, -0.25) is 10.1 Å². The van der Waals surface area contributed by atoms with Gasteiger partial charge in [-0.25, -0.2) is 4.79 Å². The minimum Gasteiger partial charge on any atom is -0.482 e. The molecule has 0 saturated heterocycles. The van der Waals surface area contributed by atoms with Crippen LogP contribution >= 0.6 is 60.0 Å². The molecule has 0 heterocycles. The third-order valence-electron chi connectivity index (χ3n) is 3.25. The lowest BCUT2D eigenvalue weighted by molar-refractivity contribution is -0.121. The van der Waals surface area contributed by atoms with E-state index >= 15 is 0 Å². The van der Waals surface area contributed by atoms with Crippen LogP contribution in [0.1, 0.15) is 15.9 Å². The lowest BCUT2D eigenvalue weighted by atomic mass is 10.2. The summed E-state index contributed by atoms with van der Waals surface area (Å²) in [6.07, 6.45) is 0. The van der Waals surface area contributed by atoms with Crippen LogP contribution in [0.4, 0.5) is 5.69 Å². The Morgan fingerprint density at radius 2 is 1.85 bits per heavy atom. The summed E-state index contributed by atoms with van der Waals surface area (Å²) < 4.78 is 7.76. The van der Waals surface area contributed by atoms with Crippen molar-refractivity contribution in [3.8, 4) is 5.75 Å². The van der Waals surface area contributed by atoms with E-state index in [4.69, 9.17) is 17.0 Å². The molecule has 0 bridgehead atoms. The number of amides is 1. The third-order valence-corrected chi connectivity index (χ3v) is 5.00. The number of benzene rings is 2. The normalized spacial score (nSPS) is 10.2. The zero-order chi connectivity index (χ0) is 20.1. The zero-order valence-corrected chi connectivity index (χ0v) is 19.4. The monoisotopic (exact) mass is 578 g/mol. The van der Waals surface area contributed by atoms with Gasteiger partial charge in [-0.05, 0) is 71.0 Å². The van der Waals surface area contributed by atoms with Crippen LogP contribution in [0.15, 0.2) is 43.7 Å². The van der Waals surface area contributed by atoms with Gasteiger partial charge in [0.05, 0.1) is 15.7 Å². The minimum absolute atomic E-state index is 0.0200. The Bertz CT molecular complexity index is 898. The van der Waals surface area contributed by atoms with Crippen LogP contribution in [0.2, 0.25) is 0 Å². The second-order valence-corrected chi connectivity index (χ2v) is 8.41. The summed E-state index contributed by atoms with van der Waals surface area (Å²) in [4.78, 5) is 23.4. The lowest BCUT2D eigenvalue weighted by Crippen LogP contribution is -2.37. The Hall–Kier alpha value is -1.49. The lowest BCUT2D eigenvalue weighted by Gasteiger charge is -2.14. The Kier molecular flexibility index (Phi) is 7.78. The largest absolute Gasteiger partial charge is 0.482 e. The van der Waals surface area contributed by atoms with Crippen LogP contribution in [0.5, 0.6) is 5.75 Å². The molecule has 1 amide bonds. The van der Waals surface area contributed by atoms with Gasteiger partial charge in [0, 0.05) is 8.95 Å². The number of carbonyl (C=O) groups is 2. The molecule has 0 fully saturated rings. The average molecular weight is 581 g/mol. The number of carbonyl (C=O) groups excluding carboxylic acids is 1. The predicted molar refractivity (Wildman–Crippen MR) is 118 cm³/mol. The summed E-state index contributed by atoms with van der Waals surface area (Å²) in [5.41, 5.74) is 1.14. The van der Waals surface area contributed by atoms with Crippen molar-refractivity contribution in [2.75, 3.05) is 11.9 Å². The molecule has 0 aromatic heterocycles. The van der Waals surface area contributed by atoms with Crippen molar-refractivity contribution in [1.82, 2.24) is 5.32 Å². The molecule has 27 heavy (non-hydrogen) atoms. The molecule has 0 spiro atoms. The molecular weight excluding hydrogens is 568 g/mol. The second-order valence-electron chi connectivity index (χ2n) is 5.32. The number of hydrogen-bond donors (Lipinski definition) is 3. The SMILES string of the molecule is Cc1cc(Br)cc(Br)c1OCC(=O)NC(=S)Nc1ccc(Br)cc1C(=O)O. The summed E-state index contributed by atoms with van der Waals surface area (Å²) >= 11 is 15.0. The number of carboxylic acids is 1. The molecular formula is C17H13Br3N2O4S. The molecule has 0 radical (unpaired) electrons. The van der Waals surface area contributed by atoms with Crippen molar-refractivity contribution >= 4 is 82.7 Å². The highest BCUT2D eigenvalue weighted by atomic mass is 79.9. The molecule has 0 unspecified atom stereocenters. The first kappa shape index (κ1) is 21.8. The van der Waals surface area contributed by atoms with Crippen molar-refractivity contribution in [1.29, 1.82) is 0 Å². The number of rotatable bonds is 5. The van der Waals surface area contributed by atoms with Gasteiger partial charge < -0.3 is 15.2 Å². The van der Waals surface area contributed by atoms with Crippen LogP contribution in [-0.2, 0) is 4.79 Å². The van der Waals surface area contributed by atoms with E-state index in [0.717, 1.165) is 10.0 Å². The van der Waals surface area contributed by atoms with E-state index < -0.39 is 11.9 Å². The number of hydrogen-bond acceptors (Lipinski definition) is 4. The Morgan fingerprint density at radius 1 is 1.15 bits per heavy atom. The van der Waals surface area contributed by atoms with Crippen LogP contribution in [0.3, 0.4) is 0 Å². The minimum atomic E-state index is -1.12. The maximum atomic E-state index is 12.1. The highest BCUT2D eigenvalue weighted by Crippen LogP contribution is 2.32. The molecule has 0 atom stereocenters. The zero-order valence-electron chi connectivity index (χ0n) is 13.8. The fourth-order valence-corrected chi connectivity index (χ4v) is 4.27. The molecule has 142 valence electrons. The third kappa shape index (κ3) is 6.27. The van der Waals surface area contributed by atoms with Gasteiger partial charge in [0.15, 0.2) is 11.7 Å². The first-order valence-corrected chi connectivity index (χ1v) is 10.2. The maximum absolute atomic E-state index is 12.1. The van der Waals surface area contributed by atoms with Gasteiger partial charge in [0.1, 0.15) is 5.75 Å². The quantitative estimate of drug-likeness (QED) is 0.437. The van der Waals surface area contributed by atoms with Crippen LogP contribution in [-0.4, -0.2) is 28.7 Å². The Morgan fingerprint density at radius 3 is 2.48 bits per heavy atom. The fourth-order valence-electron chi connectivity index (χ4n) is 2.13. The Labute approximate surface area is 186 Å². The van der Waals surface area contributed by atoms with Gasteiger partial charge in [-0.15, -0.1) is 0 Å². The summed E-state index contributed by atoms with van der Waals surface area (Å²) in [6, 6.07) is 8.32. The van der Waals surface area contributed by atoms with Gasteiger partial charge in [0.25, 0.3) is 5.91 Å². The van der Waals surface area contributed by atoms with Gasteiger partial charge in [0.2, 0.25) is 0 Å². The summed E-state index contributed by atoms with van der Waals surface area (Å²) in [7, 11) is 0. The van der Waals surface area contributed by atoms with Crippen molar-refractivity contribution in [3.05, 3.63) is 54.9 Å². The molecule has 0 saturated carbocycles. The van der Waals surface area contributed by atoms with E-state index in [1.165, 1.54) is 6.07 Å². The van der Waals surface area contributed by atoms with E-state index in [2.05, 4.69) is 58.4 Å². The first-order valence-electron chi connectivity index (χ1n) is 7.39.